The molecule has 0 radical (unpaired) electrons. The number of hydrogen-bond acceptors (Lipinski definition) is 2. The second-order valence-electron chi connectivity index (χ2n) is 5.34. The molecule has 0 fully saturated rings. The van der Waals surface area contributed by atoms with Gasteiger partial charge in [-0.15, -0.1) is 0 Å². The molecule has 3 aromatic rings. The van der Waals surface area contributed by atoms with Gasteiger partial charge in [0.2, 0.25) is 0 Å². The standard InChI is InChI=1S/C17H19N3/c1-11-7-12(2)16(13(3)8-11)19-9-14-10-20-17-15(14)5-4-6-18-17/h4-8,10,19H,9H2,1-3H3,(H,18,20). The number of pyridine rings is 1. The Morgan fingerprint density at radius 3 is 2.65 bits per heavy atom. The van der Waals surface area contributed by atoms with Gasteiger partial charge in [0, 0.05) is 30.0 Å². The van der Waals surface area contributed by atoms with Crippen LogP contribution in [0.4, 0.5) is 5.69 Å². The quantitative estimate of drug-likeness (QED) is 0.748. The number of rotatable bonds is 3. The summed E-state index contributed by atoms with van der Waals surface area (Å²) in [5.41, 5.74) is 7.31. The molecular weight excluding hydrogens is 246 g/mol. The van der Waals surface area contributed by atoms with Crippen molar-refractivity contribution in [2.75, 3.05) is 5.32 Å². The Hall–Kier alpha value is -2.29. The van der Waals surface area contributed by atoms with Gasteiger partial charge in [0.25, 0.3) is 0 Å². The first kappa shape index (κ1) is 12.7. The first-order chi connectivity index (χ1) is 9.65. The summed E-state index contributed by atoms with van der Waals surface area (Å²) in [6.07, 6.45) is 3.84. The maximum atomic E-state index is 4.32. The number of anilines is 1. The van der Waals surface area contributed by atoms with Crippen molar-refractivity contribution in [2.45, 2.75) is 27.3 Å². The number of aromatic amines is 1. The van der Waals surface area contributed by atoms with Crippen LogP contribution in [0.15, 0.2) is 36.7 Å². The molecular formula is C17H19N3. The highest BCUT2D eigenvalue weighted by Gasteiger charge is 2.06. The van der Waals surface area contributed by atoms with E-state index in [0.29, 0.717) is 0 Å². The van der Waals surface area contributed by atoms with E-state index in [-0.39, 0.29) is 0 Å². The van der Waals surface area contributed by atoms with E-state index < -0.39 is 0 Å². The zero-order valence-electron chi connectivity index (χ0n) is 12.1. The molecule has 3 heteroatoms. The zero-order valence-corrected chi connectivity index (χ0v) is 12.1. The topological polar surface area (TPSA) is 40.7 Å². The maximum absolute atomic E-state index is 4.32. The third-order valence-corrected chi connectivity index (χ3v) is 3.67. The fourth-order valence-electron chi connectivity index (χ4n) is 2.80. The fraction of sp³-hybridized carbons (Fsp3) is 0.235. The molecule has 2 N–H and O–H groups in total. The SMILES string of the molecule is Cc1cc(C)c(NCc2c[nH]c3ncccc23)c(C)c1. The second kappa shape index (κ2) is 5.00. The van der Waals surface area contributed by atoms with Crippen molar-refractivity contribution in [3.05, 3.63) is 58.9 Å². The molecule has 3 nitrogen and oxygen atoms in total. The normalized spacial score (nSPS) is 10.9. The number of nitrogens with one attached hydrogen (secondary N) is 2. The minimum Gasteiger partial charge on any atom is -0.380 e. The van der Waals surface area contributed by atoms with Gasteiger partial charge in [0.05, 0.1) is 0 Å². The van der Waals surface area contributed by atoms with E-state index in [1.165, 1.54) is 33.3 Å². The van der Waals surface area contributed by atoms with Crippen LogP contribution in [-0.4, -0.2) is 9.97 Å². The van der Waals surface area contributed by atoms with Crippen molar-refractivity contribution in [2.24, 2.45) is 0 Å². The van der Waals surface area contributed by atoms with Crippen LogP contribution < -0.4 is 5.32 Å². The Balaban J connectivity index is 1.87. The largest absolute Gasteiger partial charge is 0.380 e. The molecule has 0 unspecified atom stereocenters. The minimum atomic E-state index is 0.802. The molecule has 0 saturated heterocycles. The summed E-state index contributed by atoms with van der Waals surface area (Å²) in [5.74, 6) is 0. The molecule has 2 heterocycles. The number of aryl methyl sites for hydroxylation is 3. The molecule has 0 aliphatic heterocycles. The first-order valence-electron chi connectivity index (χ1n) is 6.88. The van der Waals surface area contributed by atoms with E-state index in [1.807, 2.05) is 18.5 Å². The molecule has 0 spiro atoms. The van der Waals surface area contributed by atoms with Crippen molar-refractivity contribution in [1.82, 2.24) is 9.97 Å². The number of benzene rings is 1. The van der Waals surface area contributed by atoms with Gasteiger partial charge in [0.1, 0.15) is 5.65 Å². The summed E-state index contributed by atoms with van der Waals surface area (Å²) >= 11 is 0. The average Bonchev–Trinajstić information content (AvgIpc) is 2.81. The van der Waals surface area contributed by atoms with E-state index in [9.17, 15) is 0 Å². The van der Waals surface area contributed by atoms with E-state index in [0.717, 1.165) is 12.2 Å². The van der Waals surface area contributed by atoms with E-state index in [1.54, 1.807) is 0 Å². The van der Waals surface area contributed by atoms with Crippen LogP contribution in [0.2, 0.25) is 0 Å². The summed E-state index contributed by atoms with van der Waals surface area (Å²) in [6, 6.07) is 8.50. The Labute approximate surface area is 119 Å². The second-order valence-corrected chi connectivity index (χ2v) is 5.34. The van der Waals surface area contributed by atoms with Gasteiger partial charge in [-0.25, -0.2) is 4.98 Å². The van der Waals surface area contributed by atoms with Crippen LogP contribution in [0.3, 0.4) is 0 Å². The highest BCUT2D eigenvalue weighted by Crippen LogP contribution is 2.24. The van der Waals surface area contributed by atoms with E-state index >= 15 is 0 Å². The molecule has 1 aromatic carbocycles. The van der Waals surface area contributed by atoms with Crippen LogP contribution in [0, 0.1) is 20.8 Å². The number of H-pyrrole nitrogens is 1. The summed E-state index contributed by atoms with van der Waals surface area (Å²) in [7, 11) is 0. The molecule has 20 heavy (non-hydrogen) atoms. The molecule has 2 aromatic heterocycles. The Morgan fingerprint density at radius 2 is 1.90 bits per heavy atom. The van der Waals surface area contributed by atoms with Crippen molar-refractivity contribution in [3.63, 3.8) is 0 Å². The van der Waals surface area contributed by atoms with Crippen molar-refractivity contribution >= 4 is 16.7 Å². The molecule has 0 aliphatic rings. The van der Waals surface area contributed by atoms with Crippen LogP contribution in [0.5, 0.6) is 0 Å². The lowest BCUT2D eigenvalue weighted by molar-refractivity contribution is 1.14. The predicted octanol–water partition coefficient (Wildman–Crippen LogP) is 4.10. The van der Waals surface area contributed by atoms with Gasteiger partial charge in [-0.1, -0.05) is 17.7 Å². The van der Waals surface area contributed by atoms with Crippen LogP contribution in [0.25, 0.3) is 11.0 Å². The summed E-state index contributed by atoms with van der Waals surface area (Å²) in [5, 5.41) is 4.74. The Morgan fingerprint density at radius 1 is 1.15 bits per heavy atom. The Bertz CT molecular complexity index is 733. The van der Waals surface area contributed by atoms with Gasteiger partial charge in [-0.2, -0.15) is 0 Å². The lowest BCUT2D eigenvalue weighted by atomic mass is 10.0. The third-order valence-electron chi connectivity index (χ3n) is 3.67. The third kappa shape index (κ3) is 2.27. The smallest absolute Gasteiger partial charge is 0.137 e. The summed E-state index contributed by atoms with van der Waals surface area (Å²) < 4.78 is 0. The van der Waals surface area contributed by atoms with Gasteiger partial charge in [-0.3, -0.25) is 0 Å². The number of nitrogens with zero attached hydrogens (tertiary/aromatic N) is 1. The molecule has 0 bridgehead atoms. The van der Waals surface area contributed by atoms with Gasteiger partial charge >= 0.3 is 0 Å². The monoisotopic (exact) mass is 265 g/mol. The van der Waals surface area contributed by atoms with Crippen LogP contribution in [-0.2, 0) is 6.54 Å². The molecule has 0 atom stereocenters. The van der Waals surface area contributed by atoms with Gasteiger partial charge in [0.15, 0.2) is 0 Å². The highest BCUT2D eigenvalue weighted by atomic mass is 14.9. The molecule has 3 rings (SSSR count). The lowest BCUT2D eigenvalue weighted by Gasteiger charge is -2.13. The maximum Gasteiger partial charge on any atom is 0.137 e. The first-order valence-corrected chi connectivity index (χ1v) is 6.88. The summed E-state index contributed by atoms with van der Waals surface area (Å²) in [6.45, 7) is 7.24. The summed E-state index contributed by atoms with van der Waals surface area (Å²) in [4.78, 5) is 7.53. The molecule has 102 valence electrons. The Kier molecular flexibility index (Phi) is 3.18. The van der Waals surface area contributed by atoms with Crippen molar-refractivity contribution in [1.29, 1.82) is 0 Å². The minimum absolute atomic E-state index is 0.802. The number of aromatic nitrogens is 2. The van der Waals surface area contributed by atoms with E-state index in [4.69, 9.17) is 0 Å². The number of fused-ring (bicyclic) bond motifs is 1. The van der Waals surface area contributed by atoms with Crippen LogP contribution >= 0.6 is 0 Å². The van der Waals surface area contributed by atoms with Crippen LogP contribution in [0.1, 0.15) is 22.3 Å². The van der Waals surface area contributed by atoms with Gasteiger partial charge in [-0.05, 0) is 49.6 Å². The highest BCUT2D eigenvalue weighted by molar-refractivity contribution is 5.79. The van der Waals surface area contributed by atoms with Crippen molar-refractivity contribution in [3.8, 4) is 0 Å². The molecule has 0 saturated carbocycles. The number of hydrogen-bond donors (Lipinski definition) is 2. The zero-order chi connectivity index (χ0) is 14.1. The lowest BCUT2D eigenvalue weighted by Crippen LogP contribution is -2.03. The predicted molar refractivity (Wildman–Crippen MR) is 84.1 cm³/mol. The van der Waals surface area contributed by atoms with E-state index in [2.05, 4.69) is 54.3 Å². The molecule has 0 amide bonds. The van der Waals surface area contributed by atoms with Crippen molar-refractivity contribution < 1.29 is 0 Å². The van der Waals surface area contributed by atoms with Gasteiger partial charge < -0.3 is 10.3 Å². The molecule has 0 aliphatic carbocycles. The average molecular weight is 265 g/mol. The fourth-order valence-corrected chi connectivity index (χ4v) is 2.80.